The zero-order chi connectivity index (χ0) is 22.9. The number of amides is 1. The molecule has 0 atom stereocenters. The quantitative estimate of drug-likeness (QED) is 0.470. The van der Waals surface area contributed by atoms with Crippen LogP contribution >= 0.6 is 0 Å². The maximum atomic E-state index is 12.9. The van der Waals surface area contributed by atoms with Crippen LogP contribution in [0.1, 0.15) is 42.4 Å². The molecular weight excluding hydrogens is 420 g/mol. The van der Waals surface area contributed by atoms with Gasteiger partial charge in [0.1, 0.15) is 5.82 Å². The third-order valence-corrected chi connectivity index (χ3v) is 6.04. The van der Waals surface area contributed by atoms with Gasteiger partial charge in [-0.15, -0.1) is 10.2 Å². The Hall–Kier alpha value is -4.01. The van der Waals surface area contributed by atoms with Gasteiger partial charge in [-0.1, -0.05) is 18.6 Å². The normalized spacial score (nSPS) is 13.5. The second-order valence-electron chi connectivity index (χ2n) is 8.17. The van der Waals surface area contributed by atoms with Crippen LogP contribution in [0.5, 0.6) is 0 Å². The Labute approximate surface area is 189 Å². The number of aromatic amines is 1. The lowest BCUT2D eigenvalue weighted by Crippen LogP contribution is -2.36. The van der Waals surface area contributed by atoms with E-state index in [0.29, 0.717) is 28.8 Å². The van der Waals surface area contributed by atoms with E-state index in [1.54, 1.807) is 25.1 Å². The van der Waals surface area contributed by atoms with Gasteiger partial charge in [-0.05, 0) is 50.1 Å². The zero-order valence-electron chi connectivity index (χ0n) is 18.3. The van der Waals surface area contributed by atoms with Crippen LogP contribution in [-0.4, -0.2) is 30.2 Å². The number of nitrogens with one attached hydrogen (secondary N) is 2. The number of fused-ring (bicyclic) bond motifs is 2. The monoisotopic (exact) mass is 444 g/mol. The maximum absolute atomic E-state index is 12.9. The molecule has 0 spiro atoms. The van der Waals surface area contributed by atoms with Crippen molar-refractivity contribution in [1.82, 2.24) is 24.3 Å². The average Bonchev–Trinajstić information content (AvgIpc) is 3.08. The lowest BCUT2D eigenvalue weighted by Gasteiger charge is -2.11. The molecule has 33 heavy (non-hydrogen) atoms. The Kier molecular flexibility index (Phi) is 5.37. The highest BCUT2D eigenvalue weighted by atomic mass is 16.2. The predicted molar refractivity (Wildman–Crippen MR) is 125 cm³/mol. The van der Waals surface area contributed by atoms with E-state index < -0.39 is 11.1 Å². The number of H-pyrrole nitrogens is 1. The number of carbonyl (C=O) groups is 1. The van der Waals surface area contributed by atoms with E-state index in [-0.39, 0.29) is 5.91 Å². The Morgan fingerprint density at radius 2 is 1.97 bits per heavy atom. The summed E-state index contributed by atoms with van der Waals surface area (Å²) in [6.45, 7) is 3.05. The third-order valence-electron chi connectivity index (χ3n) is 6.04. The summed E-state index contributed by atoms with van der Waals surface area (Å²) in [6.07, 6.45) is 4.34. The topological polar surface area (TPSA) is 115 Å². The summed E-state index contributed by atoms with van der Waals surface area (Å²) in [5.74, 6) is 1.50. The first-order valence-electron chi connectivity index (χ1n) is 11.2. The minimum atomic E-state index is -0.706. The molecule has 1 aliphatic heterocycles. The summed E-state index contributed by atoms with van der Waals surface area (Å²) >= 11 is 0. The number of anilines is 1. The van der Waals surface area contributed by atoms with Gasteiger partial charge in [0, 0.05) is 36.3 Å². The molecule has 0 fully saturated rings. The summed E-state index contributed by atoms with van der Waals surface area (Å²) < 4.78 is 3.56. The molecule has 0 bridgehead atoms. The molecule has 0 unspecified atom stereocenters. The molecule has 0 saturated carbocycles. The molecule has 5 rings (SSSR count). The number of hydrogen-bond donors (Lipinski definition) is 2. The predicted octanol–water partition coefficient (Wildman–Crippen LogP) is 2.95. The minimum absolute atomic E-state index is 0.316. The minimum Gasteiger partial charge on any atom is -0.322 e. The third kappa shape index (κ3) is 3.86. The molecule has 2 aromatic heterocycles. The van der Waals surface area contributed by atoms with E-state index in [1.807, 2.05) is 24.3 Å². The molecule has 2 N–H and O–H groups in total. The molecule has 2 aromatic carbocycles. The fourth-order valence-electron chi connectivity index (χ4n) is 4.37. The highest BCUT2D eigenvalue weighted by Crippen LogP contribution is 2.25. The summed E-state index contributed by atoms with van der Waals surface area (Å²) in [4.78, 5) is 39.5. The lowest BCUT2D eigenvalue weighted by molar-refractivity contribution is 0.102. The molecule has 0 aliphatic carbocycles. The van der Waals surface area contributed by atoms with Crippen LogP contribution in [0.15, 0.2) is 52.1 Å². The van der Waals surface area contributed by atoms with Crippen molar-refractivity contribution in [2.24, 2.45) is 0 Å². The second kappa shape index (κ2) is 8.50. The second-order valence-corrected chi connectivity index (χ2v) is 8.17. The molecule has 168 valence electrons. The Morgan fingerprint density at radius 3 is 2.82 bits per heavy atom. The zero-order valence-corrected chi connectivity index (χ0v) is 18.3. The molecule has 9 heteroatoms. The number of aryl methyl sites for hydroxylation is 2. The van der Waals surface area contributed by atoms with Crippen molar-refractivity contribution in [3.05, 3.63) is 74.6 Å². The smallest absolute Gasteiger partial charge is 0.316 e. The van der Waals surface area contributed by atoms with Gasteiger partial charge in [-0.25, -0.2) is 0 Å². The number of benzene rings is 2. The molecule has 1 aliphatic rings. The van der Waals surface area contributed by atoms with Crippen molar-refractivity contribution in [3.63, 3.8) is 0 Å². The number of nitrogens with zero attached hydrogens (tertiary/aromatic N) is 4. The SMILES string of the molecule is CCn1c(=O)c(=O)[nH]c2cc(C(=O)Nc3cccc(-c4nnc5n4CCCCC5)c3)ccc21. The highest BCUT2D eigenvalue weighted by molar-refractivity contribution is 6.06. The van der Waals surface area contributed by atoms with Gasteiger partial charge >= 0.3 is 11.1 Å². The Bertz CT molecular complexity index is 1480. The van der Waals surface area contributed by atoms with E-state index in [4.69, 9.17) is 0 Å². The largest absolute Gasteiger partial charge is 0.322 e. The molecule has 1 amide bonds. The van der Waals surface area contributed by atoms with Crippen molar-refractivity contribution < 1.29 is 4.79 Å². The first kappa shape index (κ1) is 20.9. The Morgan fingerprint density at radius 1 is 1.09 bits per heavy atom. The fourth-order valence-corrected chi connectivity index (χ4v) is 4.37. The summed E-state index contributed by atoms with van der Waals surface area (Å²) in [5, 5.41) is 11.7. The van der Waals surface area contributed by atoms with Crippen LogP contribution in [0.3, 0.4) is 0 Å². The van der Waals surface area contributed by atoms with E-state index in [1.165, 1.54) is 11.0 Å². The molecule has 4 aromatic rings. The van der Waals surface area contributed by atoms with Crippen LogP contribution in [0.2, 0.25) is 0 Å². The van der Waals surface area contributed by atoms with Crippen LogP contribution in [0, 0.1) is 0 Å². The van der Waals surface area contributed by atoms with Gasteiger partial charge in [0.2, 0.25) is 0 Å². The number of hydrogen-bond acceptors (Lipinski definition) is 5. The van der Waals surface area contributed by atoms with E-state index in [9.17, 15) is 14.4 Å². The Balaban J connectivity index is 1.44. The molecule has 3 heterocycles. The molecule has 0 saturated heterocycles. The van der Waals surface area contributed by atoms with Crippen LogP contribution in [0.4, 0.5) is 5.69 Å². The van der Waals surface area contributed by atoms with Crippen molar-refractivity contribution in [2.45, 2.75) is 45.7 Å². The van der Waals surface area contributed by atoms with Crippen molar-refractivity contribution in [1.29, 1.82) is 0 Å². The van der Waals surface area contributed by atoms with Crippen molar-refractivity contribution >= 4 is 22.6 Å². The summed E-state index contributed by atoms with van der Waals surface area (Å²) in [7, 11) is 0. The van der Waals surface area contributed by atoms with Gasteiger partial charge in [0.05, 0.1) is 11.0 Å². The number of rotatable bonds is 4. The standard InChI is InChI=1S/C24H24N6O3/c1-2-29-19-11-10-16(14-18(19)26-23(32)24(29)33)22(31)25-17-8-6-7-15(13-17)21-28-27-20-9-4-3-5-12-30(20)21/h6-8,10-11,13-14H,2-5,9,12H2,1H3,(H,25,31)(H,26,32). The van der Waals surface area contributed by atoms with Crippen molar-refractivity contribution in [3.8, 4) is 11.4 Å². The van der Waals surface area contributed by atoms with Gasteiger partial charge in [-0.3, -0.25) is 14.4 Å². The highest BCUT2D eigenvalue weighted by Gasteiger charge is 2.17. The lowest BCUT2D eigenvalue weighted by atomic mass is 10.1. The maximum Gasteiger partial charge on any atom is 0.316 e. The van der Waals surface area contributed by atoms with Gasteiger partial charge in [0.25, 0.3) is 5.91 Å². The first-order valence-corrected chi connectivity index (χ1v) is 11.2. The fraction of sp³-hybridized carbons (Fsp3) is 0.292. The van der Waals surface area contributed by atoms with E-state index in [0.717, 1.165) is 43.0 Å². The average molecular weight is 444 g/mol. The summed E-state index contributed by atoms with van der Waals surface area (Å²) in [5.41, 5.74) is 1.61. The molecule has 9 nitrogen and oxygen atoms in total. The van der Waals surface area contributed by atoms with Gasteiger partial charge < -0.3 is 19.4 Å². The van der Waals surface area contributed by atoms with Gasteiger partial charge in [0.15, 0.2) is 5.82 Å². The first-order chi connectivity index (χ1) is 16.0. The van der Waals surface area contributed by atoms with Crippen LogP contribution in [0.25, 0.3) is 22.4 Å². The number of carbonyl (C=O) groups excluding carboxylic acids is 1. The van der Waals surface area contributed by atoms with E-state index >= 15 is 0 Å². The summed E-state index contributed by atoms with van der Waals surface area (Å²) in [6, 6.07) is 12.4. The van der Waals surface area contributed by atoms with Crippen molar-refractivity contribution in [2.75, 3.05) is 5.32 Å². The van der Waals surface area contributed by atoms with E-state index in [2.05, 4.69) is 25.1 Å². The van der Waals surface area contributed by atoms with Crippen LogP contribution in [-0.2, 0) is 19.5 Å². The number of aromatic nitrogens is 5. The molecule has 0 radical (unpaired) electrons. The van der Waals surface area contributed by atoms with Crippen LogP contribution < -0.4 is 16.4 Å². The van der Waals surface area contributed by atoms with Gasteiger partial charge in [-0.2, -0.15) is 0 Å². The molecular formula is C24H24N6O3.